The molecule has 94 valence electrons. The Morgan fingerprint density at radius 1 is 1.18 bits per heavy atom. The molecule has 0 atom stereocenters. The van der Waals surface area contributed by atoms with Crippen LogP contribution in [0.2, 0.25) is 0 Å². The summed E-state index contributed by atoms with van der Waals surface area (Å²) in [6.07, 6.45) is 3.71. The van der Waals surface area contributed by atoms with E-state index in [-0.39, 0.29) is 0 Å². The van der Waals surface area contributed by atoms with Crippen LogP contribution >= 0.6 is 0 Å². The summed E-state index contributed by atoms with van der Waals surface area (Å²) in [5.74, 6) is 0.805. The van der Waals surface area contributed by atoms with Crippen molar-refractivity contribution in [2.24, 2.45) is 0 Å². The van der Waals surface area contributed by atoms with Crippen LogP contribution in [0.3, 0.4) is 0 Å². The van der Waals surface area contributed by atoms with Crippen LogP contribution in [0.1, 0.15) is 29.8 Å². The Kier molecular flexibility index (Phi) is 3.62. The molecule has 17 heavy (non-hydrogen) atoms. The van der Waals surface area contributed by atoms with Crippen molar-refractivity contribution in [1.82, 2.24) is 15.3 Å². The Bertz CT molecular complexity index is 373. The molecular formula is C13H22N4. The fraction of sp³-hybridized carbons (Fsp3) is 0.692. The van der Waals surface area contributed by atoms with Gasteiger partial charge in [0.05, 0.1) is 0 Å². The highest BCUT2D eigenvalue weighted by atomic mass is 15.2. The van der Waals surface area contributed by atoms with Crippen LogP contribution in [0.25, 0.3) is 0 Å². The Balaban J connectivity index is 2.04. The van der Waals surface area contributed by atoms with Crippen molar-refractivity contribution in [2.45, 2.75) is 39.2 Å². The number of hydrogen-bond acceptors (Lipinski definition) is 4. The molecule has 0 amide bonds. The van der Waals surface area contributed by atoms with E-state index in [2.05, 4.69) is 29.1 Å². The minimum Gasteiger partial charge on any atom is -0.347 e. The van der Waals surface area contributed by atoms with E-state index in [1.165, 1.54) is 18.4 Å². The molecule has 0 aliphatic heterocycles. The van der Waals surface area contributed by atoms with Gasteiger partial charge in [0, 0.05) is 31.5 Å². The number of aromatic nitrogens is 2. The molecule has 0 bridgehead atoms. The Morgan fingerprint density at radius 3 is 2.24 bits per heavy atom. The molecule has 1 aliphatic carbocycles. The molecule has 4 nitrogen and oxygen atoms in total. The third-order valence-electron chi connectivity index (χ3n) is 3.19. The van der Waals surface area contributed by atoms with Gasteiger partial charge in [0.1, 0.15) is 0 Å². The van der Waals surface area contributed by atoms with Crippen molar-refractivity contribution in [3.8, 4) is 0 Å². The van der Waals surface area contributed by atoms with Crippen LogP contribution in [-0.2, 0) is 6.42 Å². The standard InChI is InChI=1S/C13H22N4/c1-9-12(7-8-14-11-5-6-11)10(2)16-13(15-9)17(3)4/h11,14H,5-8H2,1-4H3. The number of hydrogen-bond donors (Lipinski definition) is 1. The quantitative estimate of drug-likeness (QED) is 0.837. The summed E-state index contributed by atoms with van der Waals surface area (Å²) in [6.45, 7) is 5.19. The van der Waals surface area contributed by atoms with Crippen LogP contribution in [0.5, 0.6) is 0 Å². The van der Waals surface area contributed by atoms with Crippen molar-refractivity contribution in [3.63, 3.8) is 0 Å². The zero-order valence-electron chi connectivity index (χ0n) is 11.2. The lowest BCUT2D eigenvalue weighted by molar-refractivity contribution is 0.675. The molecule has 0 radical (unpaired) electrons. The summed E-state index contributed by atoms with van der Waals surface area (Å²) < 4.78 is 0. The highest BCUT2D eigenvalue weighted by Gasteiger charge is 2.20. The van der Waals surface area contributed by atoms with Crippen molar-refractivity contribution < 1.29 is 0 Å². The van der Waals surface area contributed by atoms with Crippen molar-refractivity contribution >= 4 is 5.95 Å². The number of nitrogens with zero attached hydrogens (tertiary/aromatic N) is 3. The van der Waals surface area contributed by atoms with Gasteiger partial charge >= 0.3 is 0 Å². The SMILES string of the molecule is Cc1nc(N(C)C)nc(C)c1CCNC1CC1. The maximum atomic E-state index is 4.53. The lowest BCUT2D eigenvalue weighted by Gasteiger charge is -2.15. The highest BCUT2D eigenvalue weighted by molar-refractivity contribution is 5.35. The molecule has 1 aliphatic rings. The van der Waals surface area contributed by atoms with E-state index in [9.17, 15) is 0 Å². The smallest absolute Gasteiger partial charge is 0.225 e. The highest BCUT2D eigenvalue weighted by Crippen LogP contribution is 2.19. The summed E-state index contributed by atoms with van der Waals surface area (Å²) in [4.78, 5) is 11.0. The predicted octanol–water partition coefficient (Wildman–Crippen LogP) is 1.45. The van der Waals surface area contributed by atoms with E-state index in [1.807, 2.05) is 19.0 Å². The fourth-order valence-corrected chi connectivity index (χ4v) is 1.97. The summed E-state index contributed by atoms with van der Waals surface area (Å²) in [5, 5.41) is 3.53. The largest absolute Gasteiger partial charge is 0.347 e. The minimum atomic E-state index is 0.776. The molecule has 1 N–H and O–H groups in total. The van der Waals surface area contributed by atoms with Crippen LogP contribution in [0.15, 0.2) is 0 Å². The Morgan fingerprint density at radius 2 is 1.76 bits per heavy atom. The van der Waals surface area contributed by atoms with E-state index in [0.29, 0.717) is 0 Å². The summed E-state index contributed by atoms with van der Waals surface area (Å²) in [5.41, 5.74) is 3.52. The van der Waals surface area contributed by atoms with Crippen LogP contribution in [-0.4, -0.2) is 36.6 Å². The van der Waals surface area contributed by atoms with E-state index in [0.717, 1.165) is 36.3 Å². The van der Waals surface area contributed by atoms with Gasteiger partial charge in [-0.05, 0) is 45.2 Å². The van der Waals surface area contributed by atoms with Gasteiger partial charge in [-0.2, -0.15) is 0 Å². The number of aryl methyl sites for hydroxylation is 2. The zero-order valence-corrected chi connectivity index (χ0v) is 11.2. The van der Waals surface area contributed by atoms with E-state index in [4.69, 9.17) is 0 Å². The lowest BCUT2D eigenvalue weighted by Crippen LogP contribution is -2.21. The molecular weight excluding hydrogens is 212 g/mol. The summed E-state index contributed by atoms with van der Waals surface area (Å²) >= 11 is 0. The van der Waals surface area contributed by atoms with Crippen LogP contribution < -0.4 is 10.2 Å². The van der Waals surface area contributed by atoms with Gasteiger partial charge in [0.2, 0.25) is 5.95 Å². The molecule has 0 spiro atoms. The van der Waals surface area contributed by atoms with Crippen molar-refractivity contribution in [3.05, 3.63) is 17.0 Å². The fourth-order valence-electron chi connectivity index (χ4n) is 1.97. The number of rotatable bonds is 5. The van der Waals surface area contributed by atoms with E-state index >= 15 is 0 Å². The maximum absolute atomic E-state index is 4.53. The molecule has 0 aromatic carbocycles. The number of anilines is 1. The molecule has 1 saturated carbocycles. The van der Waals surface area contributed by atoms with Crippen molar-refractivity contribution in [1.29, 1.82) is 0 Å². The predicted molar refractivity (Wildman–Crippen MR) is 70.6 cm³/mol. The van der Waals surface area contributed by atoms with Gasteiger partial charge in [0.15, 0.2) is 0 Å². The summed E-state index contributed by atoms with van der Waals surface area (Å²) in [6, 6.07) is 0.776. The average Bonchev–Trinajstić information content (AvgIpc) is 3.05. The first-order valence-electron chi connectivity index (χ1n) is 6.32. The van der Waals surface area contributed by atoms with Crippen LogP contribution in [0.4, 0.5) is 5.95 Å². The first-order valence-corrected chi connectivity index (χ1v) is 6.32. The molecule has 0 unspecified atom stereocenters. The molecule has 1 heterocycles. The molecule has 0 saturated heterocycles. The molecule has 1 fully saturated rings. The molecule has 2 rings (SSSR count). The topological polar surface area (TPSA) is 41.1 Å². The Hall–Kier alpha value is -1.16. The normalized spacial score (nSPS) is 15.1. The van der Waals surface area contributed by atoms with Gasteiger partial charge in [-0.1, -0.05) is 0 Å². The van der Waals surface area contributed by atoms with Gasteiger partial charge in [-0.25, -0.2) is 9.97 Å². The number of nitrogens with one attached hydrogen (secondary N) is 1. The van der Waals surface area contributed by atoms with Gasteiger partial charge in [-0.3, -0.25) is 0 Å². The first-order chi connectivity index (χ1) is 8.08. The monoisotopic (exact) mass is 234 g/mol. The summed E-state index contributed by atoms with van der Waals surface area (Å²) in [7, 11) is 3.95. The van der Waals surface area contributed by atoms with Crippen LogP contribution in [0, 0.1) is 13.8 Å². The average molecular weight is 234 g/mol. The second kappa shape index (κ2) is 5.00. The third kappa shape index (κ3) is 3.16. The molecule has 1 aromatic rings. The second-order valence-corrected chi connectivity index (χ2v) is 5.05. The van der Waals surface area contributed by atoms with E-state index < -0.39 is 0 Å². The second-order valence-electron chi connectivity index (χ2n) is 5.05. The third-order valence-corrected chi connectivity index (χ3v) is 3.19. The first kappa shape index (κ1) is 12.3. The molecule has 1 aromatic heterocycles. The van der Waals surface area contributed by atoms with Crippen molar-refractivity contribution in [2.75, 3.05) is 25.5 Å². The molecule has 4 heteroatoms. The van der Waals surface area contributed by atoms with Gasteiger partial charge in [-0.15, -0.1) is 0 Å². The maximum Gasteiger partial charge on any atom is 0.225 e. The zero-order chi connectivity index (χ0) is 12.4. The lowest BCUT2D eigenvalue weighted by atomic mass is 10.1. The Labute approximate surface area is 103 Å². The van der Waals surface area contributed by atoms with Gasteiger partial charge < -0.3 is 10.2 Å². The minimum absolute atomic E-state index is 0.776. The van der Waals surface area contributed by atoms with E-state index in [1.54, 1.807) is 0 Å². The van der Waals surface area contributed by atoms with Gasteiger partial charge in [0.25, 0.3) is 0 Å².